The SMILES string of the molecule is CC[C@@H](N[S@@](=O)C(C)(C)C)c1cnn2ccnc2c1. The number of aromatic nitrogens is 3. The Kier molecular flexibility index (Phi) is 4.01. The molecule has 0 aromatic carbocycles. The number of hydrogen-bond donors (Lipinski definition) is 1. The minimum absolute atomic E-state index is 0.0225. The number of nitrogens with zero attached hydrogens (tertiary/aromatic N) is 3. The molecule has 0 unspecified atom stereocenters. The summed E-state index contributed by atoms with van der Waals surface area (Å²) in [7, 11) is -1.10. The highest BCUT2D eigenvalue weighted by Crippen LogP contribution is 2.20. The Hall–Kier alpha value is -1.27. The third-order valence-corrected chi connectivity index (χ3v) is 4.50. The molecule has 0 radical (unpaired) electrons. The van der Waals surface area contributed by atoms with Crippen LogP contribution in [0.3, 0.4) is 0 Å². The largest absolute Gasteiger partial charge is 0.242 e. The third-order valence-electron chi connectivity index (χ3n) is 2.89. The van der Waals surface area contributed by atoms with Crippen LogP contribution >= 0.6 is 0 Å². The average Bonchev–Trinajstić information content (AvgIpc) is 2.81. The van der Waals surface area contributed by atoms with Gasteiger partial charge in [-0.1, -0.05) is 6.92 Å². The highest BCUT2D eigenvalue weighted by molar-refractivity contribution is 7.84. The summed E-state index contributed by atoms with van der Waals surface area (Å²) in [6.45, 7) is 7.93. The molecule has 2 atom stereocenters. The highest BCUT2D eigenvalue weighted by atomic mass is 32.2. The maximum atomic E-state index is 12.2. The van der Waals surface area contributed by atoms with Crippen LogP contribution in [0.15, 0.2) is 24.7 Å². The van der Waals surface area contributed by atoms with Crippen molar-refractivity contribution in [2.45, 2.75) is 44.9 Å². The van der Waals surface area contributed by atoms with Crippen molar-refractivity contribution in [3.05, 3.63) is 30.2 Å². The second-order valence-corrected chi connectivity index (χ2v) is 7.48. The second-order valence-electron chi connectivity index (χ2n) is 5.48. The first-order valence-corrected chi connectivity index (χ1v) is 7.54. The van der Waals surface area contributed by atoms with Gasteiger partial charge in [0, 0.05) is 18.4 Å². The van der Waals surface area contributed by atoms with Gasteiger partial charge in [-0.15, -0.1) is 0 Å². The Morgan fingerprint density at radius 3 is 2.84 bits per heavy atom. The Morgan fingerprint density at radius 2 is 2.21 bits per heavy atom. The fraction of sp³-hybridized carbons (Fsp3) is 0.538. The normalized spacial score (nSPS) is 15.6. The molecule has 0 fully saturated rings. The summed E-state index contributed by atoms with van der Waals surface area (Å²) >= 11 is 0. The molecule has 2 heterocycles. The van der Waals surface area contributed by atoms with Gasteiger partial charge >= 0.3 is 0 Å². The van der Waals surface area contributed by atoms with Gasteiger partial charge in [-0.2, -0.15) is 5.10 Å². The van der Waals surface area contributed by atoms with E-state index in [0.29, 0.717) is 0 Å². The van der Waals surface area contributed by atoms with Crippen LogP contribution in [0.4, 0.5) is 0 Å². The summed E-state index contributed by atoms with van der Waals surface area (Å²) in [6.07, 6.45) is 6.17. The standard InChI is InChI=1S/C13H20N4OS/c1-5-11(16-19(18)13(2,3)4)10-8-12-14-6-7-17(12)15-9-10/h6-9,11,16H,5H2,1-4H3/t11-,19+/m1/s1. The number of fused-ring (bicyclic) bond motifs is 1. The predicted molar refractivity (Wildman–Crippen MR) is 77.1 cm³/mol. The first kappa shape index (κ1) is 14.1. The van der Waals surface area contributed by atoms with Gasteiger partial charge in [0.05, 0.1) is 21.9 Å². The van der Waals surface area contributed by atoms with Crippen LogP contribution in [-0.2, 0) is 11.0 Å². The first-order valence-electron chi connectivity index (χ1n) is 6.39. The fourth-order valence-corrected chi connectivity index (χ4v) is 2.62. The highest BCUT2D eigenvalue weighted by Gasteiger charge is 2.23. The van der Waals surface area contributed by atoms with Gasteiger partial charge in [0.15, 0.2) is 5.65 Å². The molecule has 19 heavy (non-hydrogen) atoms. The molecule has 0 aliphatic rings. The molecule has 0 saturated carbocycles. The number of imidazole rings is 1. The van der Waals surface area contributed by atoms with Gasteiger partial charge in [0.1, 0.15) is 0 Å². The molecule has 0 amide bonds. The fourth-order valence-electron chi connectivity index (χ4n) is 1.71. The van der Waals surface area contributed by atoms with Crippen molar-refractivity contribution >= 4 is 16.6 Å². The lowest BCUT2D eigenvalue weighted by molar-refractivity contribution is 0.586. The van der Waals surface area contributed by atoms with Crippen molar-refractivity contribution in [1.82, 2.24) is 19.3 Å². The number of hydrogen-bond acceptors (Lipinski definition) is 3. The van der Waals surface area contributed by atoms with Gasteiger partial charge in [0.25, 0.3) is 0 Å². The molecule has 2 aromatic heterocycles. The van der Waals surface area contributed by atoms with E-state index in [9.17, 15) is 4.21 Å². The van der Waals surface area contributed by atoms with Gasteiger partial charge in [0.2, 0.25) is 0 Å². The zero-order valence-corrected chi connectivity index (χ0v) is 12.6. The summed E-state index contributed by atoms with van der Waals surface area (Å²) in [5, 5.41) is 4.29. The van der Waals surface area contributed by atoms with Crippen LogP contribution in [0.5, 0.6) is 0 Å². The van der Waals surface area contributed by atoms with Gasteiger partial charge < -0.3 is 0 Å². The van der Waals surface area contributed by atoms with Crippen molar-refractivity contribution in [3.8, 4) is 0 Å². The zero-order valence-electron chi connectivity index (χ0n) is 11.8. The summed E-state index contributed by atoms with van der Waals surface area (Å²) in [5.41, 5.74) is 1.82. The molecule has 0 aliphatic heterocycles. The predicted octanol–water partition coefficient (Wildman–Crippen LogP) is 2.23. The van der Waals surface area contributed by atoms with Gasteiger partial charge in [-0.25, -0.2) is 18.4 Å². The van der Waals surface area contributed by atoms with Crippen LogP contribution in [0.1, 0.15) is 45.7 Å². The van der Waals surface area contributed by atoms with Crippen molar-refractivity contribution in [1.29, 1.82) is 0 Å². The second kappa shape index (κ2) is 5.38. The summed E-state index contributed by atoms with van der Waals surface area (Å²) in [4.78, 5) is 4.22. The molecule has 6 heteroatoms. The van der Waals surface area contributed by atoms with Gasteiger partial charge in [-0.05, 0) is 38.8 Å². The molecule has 2 rings (SSSR count). The molecular formula is C13H20N4OS. The Labute approximate surface area is 116 Å². The number of nitrogens with one attached hydrogen (secondary N) is 1. The van der Waals surface area contributed by atoms with E-state index in [1.807, 2.05) is 26.8 Å². The maximum absolute atomic E-state index is 12.2. The van der Waals surface area contributed by atoms with E-state index < -0.39 is 11.0 Å². The van der Waals surface area contributed by atoms with E-state index in [4.69, 9.17) is 0 Å². The molecule has 0 bridgehead atoms. The van der Waals surface area contributed by atoms with E-state index in [0.717, 1.165) is 17.6 Å². The van der Waals surface area contributed by atoms with E-state index >= 15 is 0 Å². The van der Waals surface area contributed by atoms with E-state index in [1.165, 1.54) is 0 Å². The van der Waals surface area contributed by atoms with Crippen LogP contribution in [0.2, 0.25) is 0 Å². The Morgan fingerprint density at radius 1 is 1.47 bits per heavy atom. The molecular weight excluding hydrogens is 260 g/mol. The lowest BCUT2D eigenvalue weighted by Crippen LogP contribution is -2.35. The zero-order chi connectivity index (χ0) is 14.0. The lowest BCUT2D eigenvalue weighted by Gasteiger charge is -2.23. The summed E-state index contributed by atoms with van der Waals surface area (Å²) < 4.78 is 16.8. The topological polar surface area (TPSA) is 59.3 Å². The molecule has 2 aromatic rings. The summed E-state index contributed by atoms with van der Waals surface area (Å²) in [6, 6.07) is 2.00. The minimum Gasteiger partial charge on any atom is -0.242 e. The molecule has 1 N–H and O–H groups in total. The van der Waals surface area contributed by atoms with Crippen molar-refractivity contribution < 1.29 is 4.21 Å². The van der Waals surface area contributed by atoms with Crippen molar-refractivity contribution in [2.75, 3.05) is 0 Å². The Bertz CT molecular complexity index is 588. The molecule has 0 saturated heterocycles. The average molecular weight is 280 g/mol. The third kappa shape index (κ3) is 3.19. The molecule has 5 nitrogen and oxygen atoms in total. The Balaban J connectivity index is 2.23. The molecule has 104 valence electrons. The maximum Gasteiger partial charge on any atom is 0.153 e. The van der Waals surface area contributed by atoms with Crippen molar-refractivity contribution in [2.24, 2.45) is 0 Å². The van der Waals surface area contributed by atoms with E-state index in [2.05, 4.69) is 21.7 Å². The van der Waals surface area contributed by atoms with Crippen LogP contribution < -0.4 is 4.72 Å². The quantitative estimate of drug-likeness (QED) is 0.934. The summed E-state index contributed by atoms with van der Waals surface area (Å²) in [5.74, 6) is 0. The number of rotatable bonds is 4. The lowest BCUT2D eigenvalue weighted by atomic mass is 10.1. The smallest absolute Gasteiger partial charge is 0.153 e. The van der Waals surface area contributed by atoms with Crippen LogP contribution in [0.25, 0.3) is 5.65 Å². The van der Waals surface area contributed by atoms with E-state index in [-0.39, 0.29) is 10.8 Å². The van der Waals surface area contributed by atoms with Crippen LogP contribution in [-0.4, -0.2) is 23.6 Å². The monoisotopic (exact) mass is 280 g/mol. The minimum atomic E-state index is -1.10. The van der Waals surface area contributed by atoms with Crippen LogP contribution in [0, 0.1) is 0 Å². The van der Waals surface area contributed by atoms with Crippen molar-refractivity contribution in [3.63, 3.8) is 0 Å². The molecule has 0 spiro atoms. The molecule has 0 aliphatic carbocycles. The van der Waals surface area contributed by atoms with Gasteiger partial charge in [-0.3, -0.25) is 0 Å². The van der Waals surface area contributed by atoms with E-state index in [1.54, 1.807) is 23.1 Å². The first-order chi connectivity index (χ1) is 8.91.